The van der Waals surface area contributed by atoms with Crippen LogP contribution in [-0.4, -0.2) is 20.2 Å². The van der Waals surface area contributed by atoms with Crippen LogP contribution in [0.3, 0.4) is 0 Å². The Labute approximate surface area is 211 Å². The van der Waals surface area contributed by atoms with Crippen molar-refractivity contribution in [3.05, 3.63) is 113 Å². The molecule has 176 valence electrons. The third-order valence-corrected chi connectivity index (χ3v) is 6.93. The highest BCUT2D eigenvalue weighted by Crippen LogP contribution is 2.38. The van der Waals surface area contributed by atoms with Crippen LogP contribution in [0, 0.1) is 6.92 Å². The van der Waals surface area contributed by atoms with Gasteiger partial charge < -0.3 is 14.7 Å². The Morgan fingerprint density at radius 2 is 1.66 bits per heavy atom. The maximum Gasteiger partial charge on any atom is 0.258 e. The summed E-state index contributed by atoms with van der Waals surface area (Å²) in [6.07, 6.45) is 0.993. The fourth-order valence-electron chi connectivity index (χ4n) is 4.44. The Morgan fingerprint density at radius 3 is 2.37 bits per heavy atom. The molecule has 0 fully saturated rings. The molecule has 5 nitrogen and oxygen atoms in total. The Kier molecular flexibility index (Phi) is 6.47. The number of hydrogen-bond donors (Lipinski definition) is 1. The standard InChI is InChI=1S/C29H28N4OS/c1-4-21-14-16-22(17-15-21)26-25(28-31-27(32-34-28)23-11-6-5-7-12-23)20(3)33(29(35)30-26)18-24-13-9-8-10-19(24)2/h5-17,26H,4,18H2,1-3H3,(H,30,35). The smallest absolute Gasteiger partial charge is 0.258 e. The lowest BCUT2D eigenvalue weighted by Crippen LogP contribution is -2.45. The topological polar surface area (TPSA) is 54.2 Å². The van der Waals surface area contributed by atoms with Gasteiger partial charge in [-0.05, 0) is 54.7 Å². The second-order valence-electron chi connectivity index (χ2n) is 8.78. The predicted molar refractivity (Wildman–Crippen MR) is 143 cm³/mol. The van der Waals surface area contributed by atoms with Crippen molar-refractivity contribution in [2.75, 3.05) is 0 Å². The molecule has 0 aliphatic carbocycles. The van der Waals surface area contributed by atoms with Crippen LogP contribution in [0.15, 0.2) is 89.1 Å². The van der Waals surface area contributed by atoms with Gasteiger partial charge in [0.1, 0.15) is 0 Å². The molecular weight excluding hydrogens is 452 g/mol. The van der Waals surface area contributed by atoms with Gasteiger partial charge >= 0.3 is 0 Å². The molecular formula is C29H28N4OS. The molecule has 1 aromatic heterocycles. The molecule has 4 aromatic rings. The molecule has 0 saturated heterocycles. The Bertz CT molecular complexity index is 1380. The Morgan fingerprint density at radius 1 is 0.943 bits per heavy atom. The molecule has 0 radical (unpaired) electrons. The van der Waals surface area contributed by atoms with Crippen molar-refractivity contribution in [1.29, 1.82) is 0 Å². The first kappa shape index (κ1) is 23.0. The minimum absolute atomic E-state index is 0.189. The van der Waals surface area contributed by atoms with Crippen LogP contribution < -0.4 is 5.32 Å². The van der Waals surface area contributed by atoms with Crippen molar-refractivity contribution >= 4 is 22.9 Å². The lowest BCUT2D eigenvalue weighted by molar-refractivity contribution is 0.396. The molecule has 0 amide bonds. The van der Waals surface area contributed by atoms with Crippen LogP contribution >= 0.6 is 12.2 Å². The number of benzene rings is 3. The number of hydrogen-bond acceptors (Lipinski definition) is 4. The summed E-state index contributed by atoms with van der Waals surface area (Å²) < 4.78 is 5.85. The van der Waals surface area contributed by atoms with E-state index in [1.54, 1.807) is 0 Å². The van der Waals surface area contributed by atoms with Gasteiger partial charge in [-0.2, -0.15) is 4.98 Å². The van der Waals surface area contributed by atoms with Crippen molar-refractivity contribution in [3.63, 3.8) is 0 Å². The lowest BCUT2D eigenvalue weighted by Gasteiger charge is -2.37. The number of allylic oxidation sites excluding steroid dienone is 1. The van der Waals surface area contributed by atoms with Crippen molar-refractivity contribution in [2.24, 2.45) is 0 Å². The first-order valence-corrected chi connectivity index (χ1v) is 12.3. The molecule has 5 rings (SSSR count). The number of aromatic nitrogens is 2. The van der Waals surface area contributed by atoms with E-state index in [1.165, 1.54) is 16.7 Å². The Balaban J connectivity index is 1.60. The third kappa shape index (κ3) is 4.62. The molecule has 0 saturated carbocycles. The zero-order valence-electron chi connectivity index (χ0n) is 20.2. The van der Waals surface area contributed by atoms with E-state index >= 15 is 0 Å². The first-order chi connectivity index (χ1) is 17.0. The number of thiocarbonyl (C=S) groups is 1. The van der Waals surface area contributed by atoms with Crippen LogP contribution in [-0.2, 0) is 13.0 Å². The summed E-state index contributed by atoms with van der Waals surface area (Å²) in [5, 5.41) is 8.54. The number of aryl methyl sites for hydroxylation is 2. The molecule has 6 heteroatoms. The first-order valence-electron chi connectivity index (χ1n) is 11.9. The molecule has 1 atom stereocenters. The highest BCUT2D eigenvalue weighted by molar-refractivity contribution is 7.80. The summed E-state index contributed by atoms with van der Waals surface area (Å²) in [5.41, 5.74) is 7.70. The molecule has 3 aromatic carbocycles. The molecule has 1 N–H and O–H groups in total. The maximum absolute atomic E-state index is 5.87. The van der Waals surface area contributed by atoms with E-state index in [-0.39, 0.29) is 6.04 Å². The number of nitrogens with one attached hydrogen (secondary N) is 1. The van der Waals surface area contributed by atoms with E-state index in [1.807, 2.05) is 30.3 Å². The van der Waals surface area contributed by atoms with Crippen molar-refractivity contribution in [3.8, 4) is 11.4 Å². The average Bonchev–Trinajstić information content (AvgIpc) is 3.37. The fourth-order valence-corrected chi connectivity index (χ4v) is 4.76. The summed E-state index contributed by atoms with van der Waals surface area (Å²) in [6, 6.07) is 26.7. The zero-order valence-corrected chi connectivity index (χ0v) is 21.0. The highest BCUT2D eigenvalue weighted by atomic mass is 32.1. The zero-order chi connectivity index (χ0) is 24.4. The lowest BCUT2D eigenvalue weighted by atomic mass is 9.93. The van der Waals surface area contributed by atoms with E-state index in [0.29, 0.717) is 23.4 Å². The second kappa shape index (κ2) is 9.84. The number of nitrogens with zero attached hydrogens (tertiary/aromatic N) is 3. The quantitative estimate of drug-likeness (QED) is 0.319. The molecule has 1 aliphatic heterocycles. The molecule has 0 bridgehead atoms. The van der Waals surface area contributed by atoms with E-state index < -0.39 is 0 Å². The SMILES string of the molecule is CCc1ccc(C2NC(=S)N(Cc3ccccc3C)C(C)=C2c2nc(-c3ccccc3)no2)cc1. The van der Waals surface area contributed by atoms with Gasteiger partial charge in [0, 0.05) is 11.3 Å². The van der Waals surface area contributed by atoms with Crippen LogP contribution in [0.1, 0.15) is 48.0 Å². The van der Waals surface area contributed by atoms with E-state index in [9.17, 15) is 0 Å². The third-order valence-electron chi connectivity index (χ3n) is 6.60. The van der Waals surface area contributed by atoms with E-state index in [4.69, 9.17) is 21.7 Å². The van der Waals surface area contributed by atoms with E-state index in [0.717, 1.165) is 28.8 Å². The van der Waals surface area contributed by atoms with Gasteiger partial charge in [-0.15, -0.1) is 0 Å². The molecule has 1 aliphatic rings. The minimum Gasteiger partial charge on any atom is -0.351 e. The Hall–Kier alpha value is -3.77. The molecule has 2 heterocycles. The average molecular weight is 481 g/mol. The van der Waals surface area contributed by atoms with Gasteiger partial charge in [0.2, 0.25) is 5.82 Å². The van der Waals surface area contributed by atoms with Crippen LogP contribution in [0.4, 0.5) is 0 Å². The highest BCUT2D eigenvalue weighted by Gasteiger charge is 2.34. The van der Waals surface area contributed by atoms with Crippen molar-refractivity contribution < 1.29 is 4.52 Å². The molecule has 0 spiro atoms. The van der Waals surface area contributed by atoms with Crippen LogP contribution in [0.5, 0.6) is 0 Å². The van der Waals surface area contributed by atoms with Gasteiger partial charge in [0.25, 0.3) is 5.89 Å². The predicted octanol–water partition coefficient (Wildman–Crippen LogP) is 6.47. The molecule has 35 heavy (non-hydrogen) atoms. The summed E-state index contributed by atoms with van der Waals surface area (Å²) in [4.78, 5) is 6.92. The minimum atomic E-state index is -0.189. The second-order valence-corrected chi connectivity index (χ2v) is 9.17. The van der Waals surface area contributed by atoms with Crippen molar-refractivity contribution in [1.82, 2.24) is 20.4 Å². The summed E-state index contributed by atoms with van der Waals surface area (Å²) in [6.45, 7) is 7.03. The normalized spacial score (nSPS) is 15.9. The van der Waals surface area contributed by atoms with Gasteiger partial charge in [0.05, 0.1) is 18.2 Å². The summed E-state index contributed by atoms with van der Waals surface area (Å²) in [5.74, 6) is 1.07. The monoisotopic (exact) mass is 480 g/mol. The van der Waals surface area contributed by atoms with Crippen LogP contribution in [0.25, 0.3) is 17.0 Å². The fraction of sp³-hybridized carbons (Fsp3) is 0.207. The number of rotatable bonds is 6. The van der Waals surface area contributed by atoms with Gasteiger partial charge in [-0.25, -0.2) is 0 Å². The largest absolute Gasteiger partial charge is 0.351 e. The van der Waals surface area contributed by atoms with Gasteiger partial charge in [-0.1, -0.05) is 90.9 Å². The van der Waals surface area contributed by atoms with Gasteiger partial charge in [-0.3, -0.25) is 0 Å². The van der Waals surface area contributed by atoms with Gasteiger partial charge in [0.15, 0.2) is 5.11 Å². The summed E-state index contributed by atoms with van der Waals surface area (Å²) in [7, 11) is 0. The van der Waals surface area contributed by atoms with Crippen molar-refractivity contribution in [2.45, 2.75) is 39.8 Å². The van der Waals surface area contributed by atoms with E-state index in [2.05, 4.69) is 84.7 Å². The molecule has 1 unspecified atom stereocenters. The van der Waals surface area contributed by atoms with Crippen LogP contribution in [0.2, 0.25) is 0 Å². The summed E-state index contributed by atoms with van der Waals surface area (Å²) >= 11 is 5.87. The maximum atomic E-state index is 5.87.